The Morgan fingerprint density at radius 1 is 1.00 bits per heavy atom. The second-order valence-corrected chi connectivity index (χ2v) is 7.33. The van der Waals surface area contributed by atoms with Gasteiger partial charge in [0.05, 0.1) is 0 Å². The van der Waals surface area contributed by atoms with E-state index in [1.54, 1.807) is 6.20 Å². The number of pyridine rings is 1. The lowest BCUT2D eigenvalue weighted by atomic mass is 10.1. The monoisotopic (exact) mass is 380 g/mol. The molecular formula is C23H32N4O. The number of hydrogen-bond donors (Lipinski definition) is 0. The SMILES string of the molecule is CCCN(CCc1ccccn1)C(=O)c1ccc(N2CCN(CC)CC2)cc1. The fraction of sp³-hybridized carbons (Fsp3) is 0.478. The van der Waals surface area contributed by atoms with Gasteiger partial charge in [0.2, 0.25) is 0 Å². The minimum Gasteiger partial charge on any atom is -0.369 e. The van der Waals surface area contributed by atoms with Crippen molar-refractivity contribution in [1.82, 2.24) is 14.8 Å². The molecule has 1 aromatic heterocycles. The molecule has 0 aliphatic carbocycles. The summed E-state index contributed by atoms with van der Waals surface area (Å²) in [5, 5.41) is 0. The molecule has 2 aromatic rings. The number of piperazine rings is 1. The first kappa shape index (κ1) is 20.3. The molecule has 1 aliphatic rings. The topological polar surface area (TPSA) is 39.7 Å². The molecule has 1 aliphatic heterocycles. The largest absolute Gasteiger partial charge is 0.369 e. The summed E-state index contributed by atoms with van der Waals surface area (Å²) in [7, 11) is 0. The van der Waals surface area contributed by atoms with Crippen LogP contribution in [-0.2, 0) is 6.42 Å². The summed E-state index contributed by atoms with van der Waals surface area (Å²) in [6.45, 7) is 11.2. The molecule has 1 amide bonds. The standard InChI is InChI=1S/C23H32N4O/c1-3-14-27(15-12-21-7-5-6-13-24-21)23(28)20-8-10-22(11-9-20)26-18-16-25(4-2)17-19-26/h5-11,13H,3-4,12,14-19H2,1-2H3. The van der Waals surface area contributed by atoms with E-state index in [0.29, 0.717) is 6.54 Å². The maximum Gasteiger partial charge on any atom is 0.253 e. The van der Waals surface area contributed by atoms with Crippen molar-refractivity contribution in [2.24, 2.45) is 0 Å². The second-order valence-electron chi connectivity index (χ2n) is 7.33. The van der Waals surface area contributed by atoms with Crippen LogP contribution in [0, 0.1) is 0 Å². The number of carbonyl (C=O) groups is 1. The van der Waals surface area contributed by atoms with Crippen LogP contribution in [0.15, 0.2) is 48.7 Å². The Hall–Kier alpha value is -2.40. The number of anilines is 1. The van der Waals surface area contributed by atoms with Crippen molar-refractivity contribution < 1.29 is 4.79 Å². The van der Waals surface area contributed by atoms with E-state index >= 15 is 0 Å². The zero-order valence-electron chi connectivity index (χ0n) is 17.2. The van der Waals surface area contributed by atoms with Crippen molar-refractivity contribution >= 4 is 11.6 Å². The molecule has 0 saturated carbocycles. The Kier molecular flexibility index (Phi) is 7.43. The molecule has 0 radical (unpaired) electrons. The Morgan fingerprint density at radius 3 is 2.36 bits per heavy atom. The van der Waals surface area contributed by atoms with Crippen molar-refractivity contribution in [3.05, 3.63) is 59.9 Å². The number of benzene rings is 1. The summed E-state index contributed by atoms with van der Waals surface area (Å²) >= 11 is 0. The van der Waals surface area contributed by atoms with Gasteiger partial charge in [-0.2, -0.15) is 0 Å². The van der Waals surface area contributed by atoms with Gasteiger partial charge in [0, 0.05) is 68.8 Å². The molecule has 2 heterocycles. The van der Waals surface area contributed by atoms with E-state index in [1.807, 2.05) is 35.2 Å². The lowest BCUT2D eigenvalue weighted by molar-refractivity contribution is 0.0757. The first-order valence-electron chi connectivity index (χ1n) is 10.5. The number of rotatable bonds is 8. The van der Waals surface area contributed by atoms with E-state index in [1.165, 1.54) is 5.69 Å². The maximum absolute atomic E-state index is 13.0. The number of likely N-dealkylation sites (N-methyl/N-ethyl adjacent to an activating group) is 1. The molecule has 1 fully saturated rings. The van der Waals surface area contributed by atoms with Crippen LogP contribution in [0.25, 0.3) is 0 Å². The summed E-state index contributed by atoms with van der Waals surface area (Å²) in [6.07, 6.45) is 3.54. The molecule has 1 saturated heterocycles. The Morgan fingerprint density at radius 2 is 1.75 bits per heavy atom. The van der Waals surface area contributed by atoms with Crippen LogP contribution in [0.2, 0.25) is 0 Å². The van der Waals surface area contributed by atoms with E-state index in [2.05, 4.69) is 40.8 Å². The lowest BCUT2D eigenvalue weighted by Crippen LogP contribution is -2.46. The third-order valence-electron chi connectivity index (χ3n) is 5.44. The van der Waals surface area contributed by atoms with Crippen LogP contribution in [0.3, 0.4) is 0 Å². The van der Waals surface area contributed by atoms with Crippen LogP contribution in [0.1, 0.15) is 36.3 Å². The minimum atomic E-state index is 0.111. The van der Waals surface area contributed by atoms with E-state index in [9.17, 15) is 4.79 Å². The molecule has 1 aromatic carbocycles. The lowest BCUT2D eigenvalue weighted by Gasteiger charge is -2.35. The Labute approximate surface area is 169 Å². The average Bonchev–Trinajstić information content (AvgIpc) is 2.77. The van der Waals surface area contributed by atoms with Crippen molar-refractivity contribution in [3.8, 4) is 0 Å². The van der Waals surface area contributed by atoms with Gasteiger partial charge >= 0.3 is 0 Å². The van der Waals surface area contributed by atoms with Gasteiger partial charge in [-0.25, -0.2) is 0 Å². The van der Waals surface area contributed by atoms with Crippen LogP contribution in [-0.4, -0.2) is 66.5 Å². The van der Waals surface area contributed by atoms with Gasteiger partial charge in [0.15, 0.2) is 0 Å². The molecule has 5 nitrogen and oxygen atoms in total. The van der Waals surface area contributed by atoms with Crippen molar-refractivity contribution in [2.45, 2.75) is 26.7 Å². The van der Waals surface area contributed by atoms with Gasteiger partial charge < -0.3 is 14.7 Å². The molecule has 0 N–H and O–H groups in total. The summed E-state index contributed by atoms with van der Waals surface area (Å²) in [5.74, 6) is 0.111. The maximum atomic E-state index is 13.0. The fourth-order valence-electron chi connectivity index (χ4n) is 3.70. The second kappa shape index (κ2) is 10.2. The van der Waals surface area contributed by atoms with Crippen molar-refractivity contribution in [2.75, 3.05) is 50.7 Å². The zero-order valence-corrected chi connectivity index (χ0v) is 17.2. The summed E-state index contributed by atoms with van der Waals surface area (Å²) in [4.78, 5) is 24.2. The van der Waals surface area contributed by atoms with Gasteiger partial charge in [0.1, 0.15) is 0 Å². The fourth-order valence-corrected chi connectivity index (χ4v) is 3.70. The molecular weight excluding hydrogens is 348 g/mol. The van der Waals surface area contributed by atoms with Crippen LogP contribution < -0.4 is 4.90 Å². The normalized spacial score (nSPS) is 14.9. The van der Waals surface area contributed by atoms with Gasteiger partial charge in [-0.05, 0) is 49.4 Å². The molecule has 28 heavy (non-hydrogen) atoms. The Balaban J connectivity index is 1.61. The van der Waals surface area contributed by atoms with Gasteiger partial charge in [-0.1, -0.05) is 19.9 Å². The number of aromatic nitrogens is 1. The first-order valence-corrected chi connectivity index (χ1v) is 10.5. The number of carbonyl (C=O) groups excluding carboxylic acids is 1. The van der Waals surface area contributed by atoms with Crippen LogP contribution in [0.4, 0.5) is 5.69 Å². The molecule has 0 atom stereocenters. The van der Waals surface area contributed by atoms with Crippen LogP contribution >= 0.6 is 0 Å². The van der Waals surface area contributed by atoms with Gasteiger partial charge in [-0.15, -0.1) is 0 Å². The highest BCUT2D eigenvalue weighted by molar-refractivity contribution is 5.94. The summed E-state index contributed by atoms with van der Waals surface area (Å²) in [5.41, 5.74) is 3.01. The highest BCUT2D eigenvalue weighted by Gasteiger charge is 2.18. The number of nitrogens with zero attached hydrogens (tertiary/aromatic N) is 4. The summed E-state index contributed by atoms with van der Waals surface area (Å²) in [6, 6.07) is 14.1. The highest BCUT2D eigenvalue weighted by Crippen LogP contribution is 2.18. The summed E-state index contributed by atoms with van der Waals surface area (Å²) < 4.78 is 0. The third kappa shape index (κ3) is 5.32. The predicted molar refractivity (Wildman–Crippen MR) is 115 cm³/mol. The third-order valence-corrected chi connectivity index (χ3v) is 5.44. The Bertz CT molecular complexity index is 724. The molecule has 0 spiro atoms. The molecule has 3 rings (SSSR count). The van der Waals surface area contributed by atoms with Crippen LogP contribution in [0.5, 0.6) is 0 Å². The van der Waals surface area contributed by atoms with E-state index < -0.39 is 0 Å². The van der Waals surface area contributed by atoms with Crippen molar-refractivity contribution in [3.63, 3.8) is 0 Å². The van der Waals surface area contributed by atoms with E-state index in [4.69, 9.17) is 0 Å². The first-order chi connectivity index (χ1) is 13.7. The average molecular weight is 381 g/mol. The highest BCUT2D eigenvalue weighted by atomic mass is 16.2. The van der Waals surface area contributed by atoms with Crippen molar-refractivity contribution in [1.29, 1.82) is 0 Å². The number of hydrogen-bond acceptors (Lipinski definition) is 4. The van der Waals surface area contributed by atoms with Gasteiger partial charge in [-0.3, -0.25) is 9.78 Å². The molecule has 5 heteroatoms. The zero-order chi connectivity index (χ0) is 19.8. The van der Waals surface area contributed by atoms with E-state index in [-0.39, 0.29) is 5.91 Å². The van der Waals surface area contributed by atoms with E-state index in [0.717, 1.165) is 63.4 Å². The molecule has 0 bridgehead atoms. The smallest absolute Gasteiger partial charge is 0.253 e. The molecule has 150 valence electrons. The molecule has 0 unspecified atom stereocenters. The minimum absolute atomic E-state index is 0.111. The number of amides is 1. The predicted octanol–water partition coefficient (Wildman–Crippen LogP) is 3.32. The van der Waals surface area contributed by atoms with Gasteiger partial charge in [0.25, 0.3) is 5.91 Å². The quantitative estimate of drug-likeness (QED) is 0.704.